The Balaban J connectivity index is 2.47. The minimum Gasteiger partial charge on any atom is -0.351 e. The molecule has 0 spiro atoms. The Morgan fingerprint density at radius 2 is 2.40 bits per heavy atom. The number of amides is 1. The Morgan fingerprint density at radius 3 is 3.10 bits per heavy atom. The molecule has 52 valence electrons. The number of rotatable bonds is 0. The maximum Gasteiger partial charge on any atom is 0.230 e. The van der Waals surface area contributed by atoms with Crippen molar-refractivity contribution in [1.82, 2.24) is 4.98 Å². The van der Waals surface area contributed by atoms with Crippen molar-refractivity contribution in [2.45, 2.75) is 6.42 Å². The number of anilines is 1. The van der Waals surface area contributed by atoms with E-state index >= 15 is 0 Å². The summed E-state index contributed by atoms with van der Waals surface area (Å²) in [6, 6.07) is 1.86. The van der Waals surface area contributed by atoms with Crippen molar-refractivity contribution < 1.29 is 4.79 Å². The number of aromatic amines is 1. The molecule has 0 saturated carbocycles. The third-order valence-electron chi connectivity index (χ3n) is 1.48. The van der Waals surface area contributed by atoms with Crippen molar-refractivity contribution in [3.05, 3.63) is 16.4 Å². The van der Waals surface area contributed by atoms with Gasteiger partial charge in [-0.15, -0.1) is 0 Å². The number of halogens is 1. The topological polar surface area (TPSA) is 44.9 Å². The second-order valence-corrected chi connectivity index (χ2v) is 3.09. The standard InChI is InChI=1S/C6H5BrN2O/c7-5-1-3-4(8-5)2-6(10)9-3/h1,8H,2H2,(H,9,10). The second kappa shape index (κ2) is 1.85. The fourth-order valence-corrected chi connectivity index (χ4v) is 1.54. The van der Waals surface area contributed by atoms with Gasteiger partial charge in [-0.1, -0.05) is 0 Å². The highest BCUT2D eigenvalue weighted by molar-refractivity contribution is 9.10. The number of carbonyl (C=O) groups is 1. The van der Waals surface area contributed by atoms with Crippen LogP contribution < -0.4 is 5.32 Å². The van der Waals surface area contributed by atoms with Crippen LogP contribution in [0.25, 0.3) is 0 Å². The summed E-state index contributed by atoms with van der Waals surface area (Å²) in [4.78, 5) is 13.7. The number of H-pyrrole nitrogens is 1. The highest BCUT2D eigenvalue weighted by atomic mass is 79.9. The van der Waals surface area contributed by atoms with Crippen LogP contribution in [0.2, 0.25) is 0 Å². The average Bonchev–Trinajstić information content (AvgIpc) is 2.21. The van der Waals surface area contributed by atoms with Crippen molar-refractivity contribution in [2.75, 3.05) is 5.32 Å². The highest BCUT2D eigenvalue weighted by Crippen LogP contribution is 2.25. The zero-order valence-electron chi connectivity index (χ0n) is 5.07. The first-order chi connectivity index (χ1) is 4.75. The molecule has 0 fully saturated rings. The van der Waals surface area contributed by atoms with E-state index in [1.165, 1.54) is 0 Å². The van der Waals surface area contributed by atoms with E-state index in [1.54, 1.807) is 0 Å². The third-order valence-corrected chi connectivity index (χ3v) is 1.91. The normalized spacial score (nSPS) is 15.1. The molecule has 4 heteroatoms. The highest BCUT2D eigenvalue weighted by Gasteiger charge is 2.19. The minimum absolute atomic E-state index is 0.0637. The Morgan fingerprint density at radius 1 is 1.60 bits per heavy atom. The summed E-state index contributed by atoms with van der Waals surface area (Å²) in [5, 5.41) is 2.72. The monoisotopic (exact) mass is 200 g/mol. The molecule has 0 saturated heterocycles. The summed E-state index contributed by atoms with van der Waals surface area (Å²) in [6.07, 6.45) is 0.473. The number of fused-ring (bicyclic) bond motifs is 1. The van der Waals surface area contributed by atoms with Gasteiger partial charge in [-0.2, -0.15) is 0 Å². The molecule has 2 rings (SSSR count). The molecule has 1 aliphatic heterocycles. The molecule has 3 nitrogen and oxygen atoms in total. The van der Waals surface area contributed by atoms with E-state index in [0.717, 1.165) is 16.0 Å². The lowest BCUT2D eigenvalue weighted by atomic mass is 10.3. The van der Waals surface area contributed by atoms with Gasteiger partial charge in [0, 0.05) is 5.69 Å². The zero-order chi connectivity index (χ0) is 7.14. The zero-order valence-corrected chi connectivity index (χ0v) is 6.66. The maximum absolute atomic E-state index is 10.7. The Bertz CT molecular complexity index is 266. The van der Waals surface area contributed by atoms with Gasteiger partial charge in [0.2, 0.25) is 5.91 Å². The van der Waals surface area contributed by atoms with Crippen molar-refractivity contribution in [3.63, 3.8) is 0 Å². The van der Waals surface area contributed by atoms with Gasteiger partial charge >= 0.3 is 0 Å². The van der Waals surface area contributed by atoms with Crippen LogP contribution in [0, 0.1) is 0 Å². The summed E-state index contributed by atoms with van der Waals surface area (Å²) in [5.74, 6) is 0.0637. The molecule has 0 radical (unpaired) electrons. The van der Waals surface area contributed by atoms with Crippen LogP contribution in [0.15, 0.2) is 10.7 Å². The molecule has 0 atom stereocenters. The van der Waals surface area contributed by atoms with Crippen LogP contribution in [0.4, 0.5) is 5.69 Å². The van der Waals surface area contributed by atoms with Gasteiger partial charge in [0.15, 0.2) is 0 Å². The van der Waals surface area contributed by atoms with Crippen molar-refractivity contribution in [2.24, 2.45) is 0 Å². The van der Waals surface area contributed by atoms with Gasteiger partial charge < -0.3 is 10.3 Å². The van der Waals surface area contributed by atoms with Gasteiger partial charge in [0.1, 0.15) is 0 Å². The van der Waals surface area contributed by atoms with E-state index in [-0.39, 0.29) is 5.91 Å². The molecule has 0 aromatic carbocycles. The van der Waals surface area contributed by atoms with E-state index in [4.69, 9.17) is 0 Å². The van der Waals surface area contributed by atoms with Crippen LogP contribution in [0.5, 0.6) is 0 Å². The number of nitrogens with one attached hydrogen (secondary N) is 2. The quantitative estimate of drug-likeness (QED) is 0.652. The van der Waals surface area contributed by atoms with Gasteiger partial charge in [-0.25, -0.2) is 0 Å². The van der Waals surface area contributed by atoms with Crippen LogP contribution in [0.1, 0.15) is 5.69 Å². The maximum atomic E-state index is 10.7. The predicted molar refractivity (Wildman–Crippen MR) is 40.8 cm³/mol. The van der Waals surface area contributed by atoms with Crippen LogP contribution in [-0.4, -0.2) is 10.9 Å². The molecule has 0 aliphatic carbocycles. The number of aromatic nitrogens is 1. The number of hydrogen-bond acceptors (Lipinski definition) is 1. The van der Waals surface area contributed by atoms with E-state index in [1.807, 2.05) is 6.07 Å². The Labute approximate surface area is 65.9 Å². The summed E-state index contributed by atoms with van der Waals surface area (Å²) >= 11 is 3.27. The summed E-state index contributed by atoms with van der Waals surface area (Å²) in [5.41, 5.74) is 1.87. The van der Waals surface area contributed by atoms with Gasteiger partial charge in [-0.3, -0.25) is 4.79 Å². The van der Waals surface area contributed by atoms with Crippen LogP contribution in [-0.2, 0) is 11.2 Å². The van der Waals surface area contributed by atoms with E-state index < -0.39 is 0 Å². The lowest BCUT2D eigenvalue weighted by Gasteiger charge is -1.86. The molecule has 0 bridgehead atoms. The fourth-order valence-electron chi connectivity index (χ4n) is 1.07. The molecule has 2 N–H and O–H groups in total. The minimum atomic E-state index is 0.0637. The molecule has 2 heterocycles. The first kappa shape index (κ1) is 5.97. The van der Waals surface area contributed by atoms with Crippen molar-refractivity contribution >= 4 is 27.5 Å². The van der Waals surface area contributed by atoms with Crippen molar-refractivity contribution in [3.8, 4) is 0 Å². The van der Waals surface area contributed by atoms with Crippen molar-refractivity contribution in [1.29, 1.82) is 0 Å². The van der Waals surface area contributed by atoms with Gasteiger partial charge in [0.25, 0.3) is 0 Å². The molecule has 1 aromatic heterocycles. The summed E-state index contributed by atoms with van der Waals surface area (Å²) < 4.78 is 0.914. The number of hydrogen-bond donors (Lipinski definition) is 2. The molecular weight excluding hydrogens is 196 g/mol. The van der Waals surface area contributed by atoms with Crippen LogP contribution in [0.3, 0.4) is 0 Å². The first-order valence-corrected chi connectivity index (χ1v) is 3.72. The summed E-state index contributed by atoms with van der Waals surface area (Å²) in [7, 11) is 0. The first-order valence-electron chi connectivity index (χ1n) is 2.93. The summed E-state index contributed by atoms with van der Waals surface area (Å²) in [6.45, 7) is 0. The molecule has 1 aliphatic rings. The average molecular weight is 201 g/mol. The largest absolute Gasteiger partial charge is 0.351 e. The van der Waals surface area contributed by atoms with E-state index in [2.05, 4.69) is 26.2 Å². The van der Waals surface area contributed by atoms with Gasteiger partial charge in [0.05, 0.1) is 16.7 Å². The second-order valence-electron chi connectivity index (χ2n) is 2.23. The smallest absolute Gasteiger partial charge is 0.230 e. The Kier molecular flexibility index (Phi) is 1.11. The fraction of sp³-hybridized carbons (Fsp3) is 0.167. The van der Waals surface area contributed by atoms with Crippen LogP contribution >= 0.6 is 15.9 Å². The molecule has 1 amide bonds. The lowest BCUT2D eigenvalue weighted by Crippen LogP contribution is -2.04. The van der Waals surface area contributed by atoms with E-state index in [0.29, 0.717) is 6.42 Å². The van der Waals surface area contributed by atoms with E-state index in [9.17, 15) is 4.79 Å². The number of carbonyl (C=O) groups excluding carboxylic acids is 1. The SMILES string of the molecule is O=C1Cc2[nH]c(Br)cc2N1. The Hall–Kier alpha value is -0.770. The van der Waals surface area contributed by atoms with Gasteiger partial charge in [-0.05, 0) is 22.0 Å². The lowest BCUT2D eigenvalue weighted by molar-refractivity contribution is -0.115. The molecular formula is C6H5BrN2O. The predicted octanol–water partition coefficient (Wildman–Crippen LogP) is 1.27. The molecule has 0 unspecified atom stereocenters. The molecule has 10 heavy (non-hydrogen) atoms. The molecule has 1 aromatic rings. The third kappa shape index (κ3) is 0.759.